The highest BCUT2D eigenvalue weighted by Crippen LogP contribution is 2.25. The first-order valence-corrected chi connectivity index (χ1v) is 9.43. The third kappa shape index (κ3) is 4.46. The summed E-state index contributed by atoms with van der Waals surface area (Å²) in [5, 5.41) is 9.52. The SMILES string of the molecule is CCC1(C)CSC(=NCCc2ccc(S(N)(=O)=O)cc2)N1. The Morgan fingerprint density at radius 1 is 1.38 bits per heavy atom. The van der Waals surface area contributed by atoms with E-state index in [0.717, 1.165) is 29.3 Å². The van der Waals surface area contributed by atoms with E-state index in [-0.39, 0.29) is 10.4 Å². The molecule has 1 atom stereocenters. The Morgan fingerprint density at radius 3 is 2.57 bits per heavy atom. The maximum atomic E-state index is 11.2. The van der Waals surface area contributed by atoms with Crippen LogP contribution < -0.4 is 10.5 Å². The largest absolute Gasteiger partial charge is 0.359 e. The summed E-state index contributed by atoms with van der Waals surface area (Å²) in [6.07, 6.45) is 1.85. The number of thioether (sulfide) groups is 1. The van der Waals surface area contributed by atoms with Gasteiger partial charge in [0.2, 0.25) is 10.0 Å². The molecule has 5 nitrogen and oxygen atoms in total. The van der Waals surface area contributed by atoms with E-state index < -0.39 is 10.0 Å². The molecule has 0 amide bonds. The average Bonchev–Trinajstić information content (AvgIpc) is 2.81. The number of amidine groups is 1. The third-order valence-electron chi connectivity index (χ3n) is 3.62. The Kier molecular flexibility index (Phi) is 4.95. The minimum Gasteiger partial charge on any atom is -0.359 e. The fraction of sp³-hybridized carbons (Fsp3) is 0.500. The zero-order valence-corrected chi connectivity index (χ0v) is 13.9. The van der Waals surface area contributed by atoms with Crippen LogP contribution in [0.2, 0.25) is 0 Å². The van der Waals surface area contributed by atoms with Crippen LogP contribution in [0.4, 0.5) is 0 Å². The van der Waals surface area contributed by atoms with Crippen LogP contribution in [0.3, 0.4) is 0 Å². The molecule has 116 valence electrons. The minimum absolute atomic E-state index is 0.143. The second-order valence-electron chi connectivity index (χ2n) is 5.45. The molecule has 3 N–H and O–H groups in total. The van der Waals surface area contributed by atoms with Gasteiger partial charge in [-0.1, -0.05) is 30.8 Å². The lowest BCUT2D eigenvalue weighted by molar-refractivity contribution is 0.466. The first kappa shape index (κ1) is 16.3. The number of hydrogen-bond donors (Lipinski definition) is 2. The van der Waals surface area contributed by atoms with Gasteiger partial charge in [0.1, 0.15) is 0 Å². The minimum atomic E-state index is -3.61. The van der Waals surface area contributed by atoms with Crippen LogP contribution >= 0.6 is 11.8 Å². The van der Waals surface area contributed by atoms with Gasteiger partial charge in [0.25, 0.3) is 0 Å². The molecular weight excluding hydrogens is 306 g/mol. The number of aliphatic imine (C=N–C) groups is 1. The summed E-state index contributed by atoms with van der Waals surface area (Å²) in [5.41, 5.74) is 1.20. The van der Waals surface area contributed by atoms with E-state index in [1.807, 2.05) is 0 Å². The molecule has 2 rings (SSSR count). The van der Waals surface area contributed by atoms with E-state index in [0.29, 0.717) is 6.54 Å². The summed E-state index contributed by atoms with van der Waals surface area (Å²) in [7, 11) is -3.61. The first-order valence-electron chi connectivity index (χ1n) is 6.89. The highest BCUT2D eigenvalue weighted by molar-refractivity contribution is 8.14. The van der Waals surface area contributed by atoms with Crippen molar-refractivity contribution in [3.63, 3.8) is 0 Å². The predicted molar refractivity (Wildman–Crippen MR) is 88.1 cm³/mol. The molecule has 1 aliphatic heterocycles. The molecular formula is C14H21N3O2S2. The van der Waals surface area contributed by atoms with Crippen LogP contribution in [-0.4, -0.2) is 31.4 Å². The molecule has 1 aromatic carbocycles. The molecule has 0 aliphatic carbocycles. The topological polar surface area (TPSA) is 84.5 Å². The van der Waals surface area contributed by atoms with E-state index in [2.05, 4.69) is 24.2 Å². The Labute approximate surface area is 130 Å². The van der Waals surface area contributed by atoms with Crippen LogP contribution in [0.25, 0.3) is 0 Å². The Hall–Kier alpha value is -1.05. The summed E-state index contributed by atoms with van der Waals surface area (Å²) in [6, 6.07) is 6.64. The van der Waals surface area contributed by atoms with Gasteiger partial charge in [-0.05, 0) is 37.5 Å². The van der Waals surface area contributed by atoms with Crippen molar-refractivity contribution in [2.45, 2.75) is 37.1 Å². The van der Waals surface area contributed by atoms with Crippen molar-refractivity contribution in [3.05, 3.63) is 29.8 Å². The van der Waals surface area contributed by atoms with E-state index in [1.54, 1.807) is 23.9 Å². The normalized spacial score (nSPS) is 24.2. The fourth-order valence-corrected chi connectivity index (χ4v) is 3.71. The predicted octanol–water partition coefficient (Wildman–Crippen LogP) is 1.74. The van der Waals surface area contributed by atoms with Gasteiger partial charge in [-0.25, -0.2) is 13.6 Å². The van der Waals surface area contributed by atoms with Gasteiger partial charge in [0.15, 0.2) is 5.17 Å². The van der Waals surface area contributed by atoms with E-state index in [1.165, 1.54) is 12.1 Å². The molecule has 1 fully saturated rings. The van der Waals surface area contributed by atoms with Gasteiger partial charge in [0, 0.05) is 17.8 Å². The number of hydrogen-bond acceptors (Lipinski definition) is 4. The Bertz CT molecular complexity index is 626. The zero-order valence-electron chi connectivity index (χ0n) is 12.3. The summed E-state index contributed by atoms with van der Waals surface area (Å²) >= 11 is 1.76. The molecule has 1 saturated heterocycles. The van der Waals surface area contributed by atoms with Crippen LogP contribution in [-0.2, 0) is 16.4 Å². The molecule has 0 aromatic heterocycles. The van der Waals surface area contributed by atoms with Crippen molar-refractivity contribution >= 4 is 27.0 Å². The number of sulfonamides is 1. The molecule has 1 aliphatic rings. The van der Waals surface area contributed by atoms with Gasteiger partial charge >= 0.3 is 0 Å². The third-order valence-corrected chi connectivity index (χ3v) is 5.84. The Morgan fingerprint density at radius 2 is 2.05 bits per heavy atom. The molecule has 1 aromatic rings. The van der Waals surface area contributed by atoms with E-state index in [4.69, 9.17) is 5.14 Å². The highest BCUT2D eigenvalue weighted by atomic mass is 32.2. The summed E-state index contributed by atoms with van der Waals surface area (Å²) in [5.74, 6) is 1.05. The smallest absolute Gasteiger partial charge is 0.238 e. The number of primary sulfonamides is 1. The lowest BCUT2D eigenvalue weighted by atomic mass is 10.0. The van der Waals surface area contributed by atoms with Crippen LogP contribution in [0.15, 0.2) is 34.2 Å². The van der Waals surface area contributed by atoms with Crippen molar-refractivity contribution in [2.75, 3.05) is 12.3 Å². The van der Waals surface area contributed by atoms with Gasteiger partial charge in [0.05, 0.1) is 4.90 Å². The molecule has 0 radical (unpaired) electrons. The summed E-state index contributed by atoms with van der Waals surface area (Å²) in [4.78, 5) is 4.70. The van der Waals surface area contributed by atoms with E-state index >= 15 is 0 Å². The summed E-state index contributed by atoms with van der Waals surface area (Å²) in [6.45, 7) is 5.06. The van der Waals surface area contributed by atoms with Crippen molar-refractivity contribution in [1.29, 1.82) is 0 Å². The van der Waals surface area contributed by atoms with Crippen molar-refractivity contribution in [3.8, 4) is 0 Å². The molecule has 1 unspecified atom stereocenters. The molecule has 21 heavy (non-hydrogen) atoms. The lowest BCUT2D eigenvalue weighted by Crippen LogP contribution is -2.39. The van der Waals surface area contributed by atoms with Gasteiger partial charge in [-0.3, -0.25) is 4.99 Å². The maximum absolute atomic E-state index is 11.2. The van der Waals surface area contributed by atoms with Crippen molar-refractivity contribution in [2.24, 2.45) is 10.1 Å². The Balaban J connectivity index is 1.90. The van der Waals surface area contributed by atoms with Crippen LogP contribution in [0.5, 0.6) is 0 Å². The second kappa shape index (κ2) is 6.37. The second-order valence-corrected chi connectivity index (χ2v) is 7.98. The number of nitrogens with two attached hydrogens (primary N) is 1. The quantitative estimate of drug-likeness (QED) is 0.862. The molecule has 1 heterocycles. The number of rotatable bonds is 5. The van der Waals surface area contributed by atoms with Gasteiger partial charge in [-0.2, -0.15) is 0 Å². The number of benzene rings is 1. The standard InChI is InChI=1S/C14H21N3O2S2/c1-3-14(2)10-20-13(17-14)16-9-8-11-4-6-12(7-5-11)21(15,18)19/h4-7H,3,8-10H2,1-2H3,(H,16,17)(H2,15,18,19). The lowest BCUT2D eigenvalue weighted by Gasteiger charge is -2.20. The number of nitrogens with zero attached hydrogens (tertiary/aromatic N) is 1. The monoisotopic (exact) mass is 327 g/mol. The van der Waals surface area contributed by atoms with Gasteiger partial charge in [-0.15, -0.1) is 0 Å². The average molecular weight is 327 g/mol. The fourth-order valence-electron chi connectivity index (χ4n) is 1.97. The molecule has 0 spiro atoms. The molecule has 7 heteroatoms. The molecule has 0 saturated carbocycles. The van der Waals surface area contributed by atoms with Gasteiger partial charge < -0.3 is 5.32 Å². The van der Waals surface area contributed by atoms with Crippen LogP contribution in [0, 0.1) is 0 Å². The number of nitrogens with one attached hydrogen (secondary N) is 1. The zero-order chi connectivity index (χ0) is 15.5. The maximum Gasteiger partial charge on any atom is 0.238 e. The van der Waals surface area contributed by atoms with Crippen molar-refractivity contribution in [1.82, 2.24) is 5.32 Å². The van der Waals surface area contributed by atoms with Crippen LogP contribution in [0.1, 0.15) is 25.8 Å². The highest BCUT2D eigenvalue weighted by Gasteiger charge is 2.30. The first-order chi connectivity index (χ1) is 9.82. The van der Waals surface area contributed by atoms with Crippen molar-refractivity contribution < 1.29 is 8.42 Å². The molecule has 0 bridgehead atoms. The summed E-state index contributed by atoms with van der Waals surface area (Å²) < 4.78 is 22.3. The van der Waals surface area contributed by atoms with E-state index in [9.17, 15) is 8.42 Å².